The molecule has 0 aliphatic carbocycles. The molecule has 0 spiro atoms. The maximum atomic E-state index is 9.39. The zero-order valence-corrected chi connectivity index (χ0v) is 17.4. The van der Waals surface area contributed by atoms with Gasteiger partial charge < -0.3 is 14.9 Å². The number of nitrogens with zero attached hydrogens (tertiary/aromatic N) is 1. The van der Waals surface area contributed by atoms with Gasteiger partial charge in [0.1, 0.15) is 0 Å². The van der Waals surface area contributed by atoms with Crippen LogP contribution in [0.15, 0.2) is 72.8 Å². The first-order chi connectivity index (χ1) is 14.1. The molecule has 4 heteroatoms. The van der Waals surface area contributed by atoms with E-state index in [1.165, 1.54) is 36.8 Å². The highest BCUT2D eigenvalue weighted by atomic mass is 16.4. The fourth-order valence-corrected chi connectivity index (χ4v) is 3.50. The van der Waals surface area contributed by atoms with E-state index in [1.807, 2.05) is 12.1 Å². The van der Waals surface area contributed by atoms with Gasteiger partial charge in [-0.1, -0.05) is 68.1 Å². The van der Waals surface area contributed by atoms with E-state index in [0.717, 1.165) is 23.5 Å². The third kappa shape index (κ3) is 5.72. The Balaban J connectivity index is 1.88. The van der Waals surface area contributed by atoms with Gasteiger partial charge in [-0.25, -0.2) is 0 Å². The van der Waals surface area contributed by atoms with Crippen molar-refractivity contribution in [3.05, 3.63) is 83.9 Å². The lowest BCUT2D eigenvalue weighted by molar-refractivity contribution is 0.426. The first-order valence-corrected chi connectivity index (χ1v) is 10.5. The highest BCUT2D eigenvalue weighted by Crippen LogP contribution is 2.34. The van der Waals surface area contributed by atoms with Crippen LogP contribution >= 0.6 is 0 Å². The minimum Gasteiger partial charge on any atom is -0.423 e. The molecule has 29 heavy (non-hydrogen) atoms. The lowest BCUT2D eigenvalue weighted by Gasteiger charge is -2.26. The van der Waals surface area contributed by atoms with Crippen molar-refractivity contribution in [1.82, 2.24) is 0 Å². The summed E-state index contributed by atoms with van der Waals surface area (Å²) in [5.74, 6) is 0. The van der Waals surface area contributed by atoms with Crippen LogP contribution < -0.4 is 10.4 Å². The third-order valence-electron chi connectivity index (χ3n) is 5.26. The Bertz CT molecular complexity index is 874. The van der Waals surface area contributed by atoms with Gasteiger partial charge >= 0.3 is 7.12 Å². The summed E-state index contributed by atoms with van der Waals surface area (Å²) in [5, 5.41) is 18.8. The summed E-state index contributed by atoms with van der Waals surface area (Å²) in [4.78, 5) is 2.19. The smallest absolute Gasteiger partial charge is 0.423 e. The second kappa shape index (κ2) is 10.3. The zero-order chi connectivity index (χ0) is 20.6. The van der Waals surface area contributed by atoms with Crippen LogP contribution in [0.2, 0.25) is 0 Å². The van der Waals surface area contributed by atoms with E-state index >= 15 is 0 Å². The van der Waals surface area contributed by atoms with Gasteiger partial charge in [0.15, 0.2) is 0 Å². The van der Waals surface area contributed by atoms with Crippen molar-refractivity contribution in [1.29, 1.82) is 0 Å². The summed E-state index contributed by atoms with van der Waals surface area (Å²) in [6.45, 7) is 4.32. The summed E-state index contributed by atoms with van der Waals surface area (Å²) >= 11 is 0. The number of anilines is 3. The second-order valence-corrected chi connectivity index (χ2v) is 7.61. The number of rotatable bonds is 9. The van der Waals surface area contributed by atoms with E-state index in [2.05, 4.69) is 67.3 Å². The predicted octanol–water partition coefficient (Wildman–Crippen LogP) is 5.27. The van der Waals surface area contributed by atoms with E-state index in [9.17, 15) is 10.0 Å². The van der Waals surface area contributed by atoms with Gasteiger partial charge in [-0.15, -0.1) is 0 Å². The Morgan fingerprint density at radius 2 is 1.21 bits per heavy atom. The van der Waals surface area contributed by atoms with Crippen LogP contribution in [0.5, 0.6) is 0 Å². The molecule has 2 N–H and O–H groups in total. The standard InChI is InChI=1S/C25H30BNO2/c1-3-4-5-6-7-21-10-16-24(17-11-21)27(23-14-8-20(2)9-15-23)25-18-12-22(13-19-25)26(28)29/h8-19,28-29H,3-7H2,1-2H3. The van der Waals surface area contributed by atoms with Crippen LogP contribution in [-0.4, -0.2) is 17.2 Å². The molecule has 0 aromatic heterocycles. The lowest BCUT2D eigenvalue weighted by atomic mass is 9.80. The topological polar surface area (TPSA) is 43.7 Å². The van der Waals surface area contributed by atoms with Gasteiger partial charge in [0, 0.05) is 17.1 Å². The number of hydrogen-bond acceptors (Lipinski definition) is 3. The summed E-state index contributed by atoms with van der Waals surface area (Å²) in [6.07, 6.45) is 6.21. The van der Waals surface area contributed by atoms with Crippen LogP contribution in [-0.2, 0) is 6.42 Å². The number of unbranched alkanes of at least 4 members (excludes halogenated alkanes) is 3. The Hall–Kier alpha value is -2.56. The molecule has 0 heterocycles. The Labute approximate surface area is 174 Å². The summed E-state index contributed by atoms with van der Waals surface area (Å²) in [5.41, 5.74) is 6.21. The molecule has 150 valence electrons. The van der Waals surface area contributed by atoms with E-state index in [-0.39, 0.29) is 0 Å². The Kier molecular flexibility index (Phi) is 7.51. The average molecular weight is 387 g/mol. The Morgan fingerprint density at radius 3 is 1.72 bits per heavy atom. The molecule has 0 aliphatic heterocycles. The summed E-state index contributed by atoms with van der Waals surface area (Å²) in [6, 6.07) is 24.6. The lowest BCUT2D eigenvalue weighted by Crippen LogP contribution is -2.29. The normalized spacial score (nSPS) is 10.8. The molecule has 0 amide bonds. The number of aryl methyl sites for hydroxylation is 2. The number of hydrogen-bond donors (Lipinski definition) is 2. The second-order valence-electron chi connectivity index (χ2n) is 7.61. The summed E-state index contributed by atoms with van der Waals surface area (Å²) < 4.78 is 0. The molecule has 3 aromatic carbocycles. The molecule has 0 unspecified atom stereocenters. The molecule has 0 fully saturated rings. The van der Waals surface area contributed by atoms with Crippen molar-refractivity contribution in [3.8, 4) is 0 Å². The molecule has 3 nitrogen and oxygen atoms in total. The zero-order valence-electron chi connectivity index (χ0n) is 17.4. The maximum absolute atomic E-state index is 9.39. The van der Waals surface area contributed by atoms with Gasteiger partial charge in [0.2, 0.25) is 0 Å². The van der Waals surface area contributed by atoms with Crippen molar-refractivity contribution < 1.29 is 10.0 Å². The highest BCUT2D eigenvalue weighted by molar-refractivity contribution is 6.58. The largest absolute Gasteiger partial charge is 0.488 e. The first-order valence-electron chi connectivity index (χ1n) is 10.5. The average Bonchev–Trinajstić information content (AvgIpc) is 2.74. The van der Waals surface area contributed by atoms with Crippen LogP contribution in [0, 0.1) is 6.92 Å². The molecule has 0 saturated heterocycles. The quantitative estimate of drug-likeness (QED) is 0.388. The molecule has 3 aromatic rings. The third-order valence-corrected chi connectivity index (χ3v) is 5.26. The molecular formula is C25H30BNO2. The van der Waals surface area contributed by atoms with Crippen molar-refractivity contribution in [2.75, 3.05) is 4.90 Å². The van der Waals surface area contributed by atoms with Gasteiger partial charge in [-0.3, -0.25) is 0 Å². The summed E-state index contributed by atoms with van der Waals surface area (Å²) in [7, 11) is -1.45. The van der Waals surface area contributed by atoms with E-state index < -0.39 is 7.12 Å². The van der Waals surface area contributed by atoms with Crippen LogP contribution in [0.3, 0.4) is 0 Å². The fraction of sp³-hybridized carbons (Fsp3) is 0.280. The maximum Gasteiger partial charge on any atom is 0.488 e. The first kappa shape index (κ1) is 21.2. The van der Waals surface area contributed by atoms with E-state index in [0.29, 0.717) is 5.46 Å². The van der Waals surface area contributed by atoms with Gasteiger partial charge in [0.05, 0.1) is 0 Å². The van der Waals surface area contributed by atoms with Crippen LogP contribution in [0.4, 0.5) is 17.1 Å². The van der Waals surface area contributed by atoms with Gasteiger partial charge in [-0.05, 0) is 67.2 Å². The monoisotopic (exact) mass is 387 g/mol. The molecule has 0 bridgehead atoms. The Morgan fingerprint density at radius 1 is 0.690 bits per heavy atom. The van der Waals surface area contributed by atoms with Crippen molar-refractivity contribution in [3.63, 3.8) is 0 Å². The number of benzene rings is 3. The minimum absolute atomic E-state index is 0.486. The van der Waals surface area contributed by atoms with Gasteiger partial charge in [-0.2, -0.15) is 0 Å². The van der Waals surface area contributed by atoms with Crippen molar-refractivity contribution in [2.24, 2.45) is 0 Å². The highest BCUT2D eigenvalue weighted by Gasteiger charge is 2.15. The minimum atomic E-state index is -1.45. The predicted molar refractivity (Wildman–Crippen MR) is 124 cm³/mol. The van der Waals surface area contributed by atoms with Gasteiger partial charge in [0.25, 0.3) is 0 Å². The van der Waals surface area contributed by atoms with Crippen LogP contribution in [0.25, 0.3) is 0 Å². The van der Waals surface area contributed by atoms with E-state index in [4.69, 9.17) is 0 Å². The molecule has 0 aliphatic rings. The molecule has 3 rings (SSSR count). The fourth-order valence-electron chi connectivity index (χ4n) is 3.50. The van der Waals surface area contributed by atoms with Crippen molar-refractivity contribution in [2.45, 2.75) is 46.0 Å². The molecular weight excluding hydrogens is 357 g/mol. The van der Waals surface area contributed by atoms with Crippen molar-refractivity contribution >= 4 is 29.6 Å². The SMILES string of the molecule is CCCCCCc1ccc(N(c2ccc(C)cc2)c2ccc(B(O)O)cc2)cc1. The molecule has 0 radical (unpaired) electrons. The van der Waals surface area contributed by atoms with E-state index in [1.54, 1.807) is 12.1 Å². The molecule has 0 atom stereocenters. The molecule has 0 saturated carbocycles. The van der Waals surface area contributed by atoms with Crippen LogP contribution in [0.1, 0.15) is 43.7 Å².